The zero-order valence-corrected chi connectivity index (χ0v) is 10.5. The van der Waals surface area contributed by atoms with Crippen molar-refractivity contribution >= 4 is 5.91 Å². The first-order valence-corrected chi connectivity index (χ1v) is 6.24. The predicted octanol–water partition coefficient (Wildman–Crippen LogP) is 2.02. The van der Waals surface area contributed by atoms with Gasteiger partial charge in [-0.15, -0.1) is 0 Å². The molecule has 1 atom stereocenters. The molecule has 1 unspecified atom stereocenters. The molecule has 0 radical (unpaired) electrons. The Bertz CT molecular complexity index is 426. The lowest BCUT2D eigenvalue weighted by Gasteiger charge is -2.28. The molecule has 0 spiro atoms. The van der Waals surface area contributed by atoms with Gasteiger partial charge in [0.15, 0.2) is 0 Å². The Hall–Kier alpha value is -1.35. The van der Waals surface area contributed by atoms with Crippen LogP contribution < -0.4 is 11.1 Å². The molecule has 3 nitrogen and oxygen atoms in total. The molecule has 1 aromatic rings. The molecule has 0 saturated heterocycles. The molecule has 0 fully saturated rings. The summed E-state index contributed by atoms with van der Waals surface area (Å²) in [6.07, 6.45) is 2.11. The molecule has 92 valence electrons. The van der Waals surface area contributed by atoms with E-state index in [1.165, 1.54) is 11.1 Å². The molecule has 1 heterocycles. The maximum absolute atomic E-state index is 11.2. The number of benzene rings is 1. The molecule has 2 rings (SSSR count). The van der Waals surface area contributed by atoms with Crippen molar-refractivity contribution < 1.29 is 4.79 Å². The zero-order chi connectivity index (χ0) is 12.4. The Balaban J connectivity index is 2.30. The van der Waals surface area contributed by atoms with Crippen molar-refractivity contribution in [2.45, 2.75) is 32.7 Å². The van der Waals surface area contributed by atoms with Crippen molar-refractivity contribution in [3.63, 3.8) is 0 Å². The summed E-state index contributed by atoms with van der Waals surface area (Å²) in [4.78, 5) is 11.2. The third-order valence-electron chi connectivity index (χ3n) is 3.30. The number of primary amides is 1. The molecular formula is C14H20N2O. The van der Waals surface area contributed by atoms with Crippen molar-refractivity contribution in [1.82, 2.24) is 5.32 Å². The third kappa shape index (κ3) is 2.67. The van der Waals surface area contributed by atoms with E-state index in [4.69, 9.17) is 5.73 Å². The lowest BCUT2D eigenvalue weighted by atomic mass is 9.88. The molecule has 1 aliphatic heterocycles. The van der Waals surface area contributed by atoms with Gasteiger partial charge >= 0.3 is 0 Å². The molecule has 0 bridgehead atoms. The van der Waals surface area contributed by atoms with Gasteiger partial charge in [0.25, 0.3) is 0 Å². The molecule has 17 heavy (non-hydrogen) atoms. The number of amides is 1. The molecule has 0 saturated carbocycles. The number of carbonyl (C=O) groups is 1. The number of hydrogen-bond acceptors (Lipinski definition) is 2. The largest absolute Gasteiger partial charge is 0.366 e. The second-order valence-electron chi connectivity index (χ2n) is 5.16. The number of nitrogens with one attached hydrogen (secondary N) is 1. The lowest BCUT2D eigenvalue weighted by Crippen LogP contribution is -2.31. The summed E-state index contributed by atoms with van der Waals surface area (Å²) in [5, 5.41) is 3.54. The van der Waals surface area contributed by atoms with Crippen molar-refractivity contribution in [1.29, 1.82) is 0 Å². The van der Waals surface area contributed by atoms with Gasteiger partial charge in [-0.3, -0.25) is 4.79 Å². The summed E-state index contributed by atoms with van der Waals surface area (Å²) < 4.78 is 0. The number of fused-ring (bicyclic) bond motifs is 1. The average molecular weight is 232 g/mol. The summed E-state index contributed by atoms with van der Waals surface area (Å²) in [5.74, 6) is 0.320. The van der Waals surface area contributed by atoms with Crippen LogP contribution >= 0.6 is 0 Å². The van der Waals surface area contributed by atoms with E-state index >= 15 is 0 Å². The Morgan fingerprint density at radius 3 is 2.94 bits per heavy atom. The minimum atomic E-state index is -0.341. The maximum Gasteiger partial charge on any atom is 0.248 e. The summed E-state index contributed by atoms with van der Waals surface area (Å²) >= 11 is 0. The molecule has 3 heteroatoms. The third-order valence-corrected chi connectivity index (χ3v) is 3.30. The topological polar surface area (TPSA) is 55.1 Å². The molecule has 1 amide bonds. The average Bonchev–Trinajstić information content (AvgIpc) is 2.28. The maximum atomic E-state index is 11.2. The number of carbonyl (C=O) groups excluding carboxylic acids is 1. The van der Waals surface area contributed by atoms with Crippen LogP contribution in [0, 0.1) is 5.92 Å². The van der Waals surface area contributed by atoms with E-state index in [0.29, 0.717) is 17.5 Å². The van der Waals surface area contributed by atoms with E-state index in [1.54, 1.807) is 0 Å². The summed E-state index contributed by atoms with van der Waals surface area (Å²) in [6.45, 7) is 5.44. The lowest BCUT2D eigenvalue weighted by molar-refractivity contribution is 0.1000. The first-order valence-electron chi connectivity index (χ1n) is 6.24. The van der Waals surface area contributed by atoms with Gasteiger partial charge in [-0.25, -0.2) is 0 Å². The summed E-state index contributed by atoms with van der Waals surface area (Å²) in [6, 6.07) is 6.25. The van der Waals surface area contributed by atoms with Gasteiger partial charge in [0.05, 0.1) is 0 Å². The van der Waals surface area contributed by atoms with Crippen molar-refractivity contribution in [2.75, 3.05) is 6.54 Å². The zero-order valence-electron chi connectivity index (χ0n) is 10.5. The van der Waals surface area contributed by atoms with Crippen LogP contribution in [-0.4, -0.2) is 12.5 Å². The van der Waals surface area contributed by atoms with E-state index in [1.807, 2.05) is 12.1 Å². The second-order valence-corrected chi connectivity index (χ2v) is 5.16. The summed E-state index contributed by atoms with van der Waals surface area (Å²) in [7, 11) is 0. The van der Waals surface area contributed by atoms with Crippen molar-refractivity contribution in [2.24, 2.45) is 11.7 Å². The van der Waals surface area contributed by atoms with Gasteiger partial charge in [0, 0.05) is 11.6 Å². The van der Waals surface area contributed by atoms with Crippen molar-refractivity contribution in [3.8, 4) is 0 Å². The smallest absolute Gasteiger partial charge is 0.248 e. The minimum Gasteiger partial charge on any atom is -0.366 e. The standard InChI is InChI=1S/C14H20N2O/c1-9(2)7-13-12-4-3-11(14(15)17)8-10(12)5-6-16-13/h3-4,8-9,13,16H,5-7H2,1-2H3,(H2,15,17). The minimum absolute atomic E-state index is 0.341. The van der Waals surface area contributed by atoms with Crippen LogP contribution in [0.2, 0.25) is 0 Å². The van der Waals surface area contributed by atoms with Gasteiger partial charge in [-0.2, -0.15) is 0 Å². The Labute approximate surface area is 102 Å². The fraction of sp³-hybridized carbons (Fsp3) is 0.500. The number of nitrogens with two attached hydrogens (primary N) is 1. The van der Waals surface area contributed by atoms with Crippen LogP contribution in [-0.2, 0) is 6.42 Å². The van der Waals surface area contributed by atoms with E-state index in [0.717, 1.165) is 19.4 Å². The molecule has 1 aliphatic rings. The van der Waals surface area contributed by atoms with Crippen LogP contribution in [0.4, 0.5) is 0 Å². The van der Waals surface area contributed by atoms with E-state index < -0.39 is 0 Å². The van der Waals surface area contributed by atoms with Gasteiger partial charge in [0.1, 0.15) is 0 Å². The molecular weight excluding hydrogens is 212 g/mol. The van der Waals surface area contributed by atoms with Crippen LogP contribution in [0.5, 0.6) is 0 Å². The van der Waals surface area contributed by atoms with E-state index in [9.17, 15) is 4.79 Å². The highest BCUT2D eigenvalue weighted by Gasteiger charge is 2.21. The Morgan fingerprint density at radius 2 is 2.29 bits per heavy atom. The molecule has 0 aromatic heterocycles. The van der Waals surface area contributed by atoms with E-state index in [-0.39, 0.29) is 5.91 Å². The molecule has 1 aromatic carbocycles. The van der Waals surface area contributed by atoms with Gasteiger partial charge in [0.2, 0.25) is 5.91 Å². The number of hydrogen-bond donors (Lipinski definition) is 2. The van der Waals surface area contributed by atoms with Crippen LogP contribution in [0.25, 0.3) is 0 Å². The Morgan fingerprint density at radius 1 is 1.53 bits per heavy atom. The fourth-order valence-electron chi connectivity index (χ4n) is 2.49. The predicted molar refractivity (Wildman–Crippen MR) is 68.9 cm³/mol. The van der Waals surface area contributed by atoms with Gasteiger partial charge in [-0.1, -0.05) is 19.9 Å². The van der Waals surface area contributed by atoms with Crippen LogP contribution in [0.1, 0.15) is 47.8 Å². The first kappa shape index (κ1) is 12.1. The normalized spacial score (nSPS) is 19.1. The molecule has 3 N–H and O–H groups in total. The fourth-order valence-corrected chi connectivity index (χ4v) is 2.49. The first-order chi connectivity index (χ1) is 8.08. The second kappa shape index (κ2) is 4.88. The van der Waals surface area contributed by atoms with Crippen LogP contribution in [0.15, 0.2) is 18.2 Å². The van der Waals surface area contributed by atoms with E-state index in [2.05, 4.69) is 25.2 Å². The summed E-state index contributed by atoms with van der Waals surface area (Å²) in [5.41, 5.74) is 8.52. The highest BCUT2D eigenvalue weighted by molar-refractivity contribution is 5.93. The SMILES string of the molecule is CC(C)CC1NCCc2cc(C(N)=O)ccc21. The highest BCUT2D eigenvalue weighted by atomic mass is 16.1. The quantitative estimate of drug-likeness (QED) is 0.837. The monoisotopic (exact) mass is 232 g/mol. The number of rotatable bonds is 3. The van der Waals surface area contributed by atoms with Crippen LogP contribution in [0.3, 0.4) is 0 Å². The highest BCUT2D eigenvalue weighted by Crippen LogP contribution is 2.28. The van der Waals surface area contributed by atoms with Gasteiger partial charge < -0.3 is 11.1 Å². The Kier molecular flexibility index (Phi) is 3.48. The molecule has 0 aliphatic carbocycles. The van der Waals surface area contributed by atoms with Gasteiger partial charge in [-0.05, 0) is 48.6 Å². The van der Waals surface area contributed by atoms with Crippen molar-refractivity contribution in [3.05, 3.63) is 34.9 Å².